The van der Waals surface area contributed by atoms with Gasteiger partial charge in [-0.3, -0.25) is 4.79 Å². The molecule has 0 saturated carbocycles. The molecule has 0 aromatic heterocycles. The van der Waals surface area contributed by atoms with Gasteiger partial charge in [0.15, 0.2) is 5.76 Å². The number of allylic oxidation sites excluding steroid dienone is 1. The van der Waals surface area contributed by atoms with Gasteiger partial charge in [-0.25, -0.2) is 0 Å². The zero-order valence-corrected chi connectivity index (χ0v) is 14.3. The summed E-state index contributed by atoms with van der Waals surface area (Å²) < 4.78 is 5.96. The van der Waals surface area contributed by atoms with Crippen molar-refractivity contribution in [2.45, 2.75) is 18.4 Å². The monoisotopic (exact) mass is 344 g/mol. The summed E-state index contributed by atoms with van der Waals surface area (Å²) in [5, 5.41) is 0.657. The first-order chi connectivity index (χ1) is 11.2. The highest BCUT2D eigenvalue weighted by atomic mass is 35.5. The van der Waals surface area contributed by atoms with E-state index in [1.54, 1.807) is 6.26 Å². The highest BCUT2D eigenvalue weighted by Gasteiger charge is 2.28. The van der Waals surface area contributed by atoms with E-state index >= 15 is 0 Å². The van der Waals surface area contributed by atoms with Crippen molar-refractivity contribution in [2.24, 2.45) is 0 Å². The van der Waals surface area contributed by atoms with Gasteiger partial charge in [-0.15, -0.1) is 0 Å². The van der Waals surface area contributed by atoms with Gasteiger partial charge in [0.05, 0.1) is 0 Å². The maximum Gasteiger partial charge on any atom is 0.253 e. The first kappa shape index (κ1) is 16.2. The number of hydrogen-bond donors (Lipinski definition) is 0. The average Bonchev–Trinajstić information content (AvgIpc) is 2.62. The number of carbonyl (C=O) groups is 1. The number of rotatable bonds is 3. The Kier molecular flexibility index (Phi) is 5.09. The summed E-state index contributed by atoms with van der Waals surface area (Å²) in [4.78, 5) is 12.1. The van der Waals surface area contributed by atoms with Gasteiger partial charge < -0.3 is 4.74 Å². The van der Waals surface area contributed by atoms with Crippen LogP contribution in [0.25, 0.3) is 0 Å². The van der Waals surface area contributed by atoms with Gasteiger partial charge in [0, 0.05) is 10.9 Å². The molecule has 2 aromatic rings. The van der Waals surface area contributed by atoms with Crippen LogP contribution in [0, 0.1) is 0 Å². The summed E-state index contributed by atoms with van der Waals surface area (Å²) in [5.74, 6) is 0.606. The molecular weight excluding hydrogens is 328 g/mol. The average molecular weight is 345 g/mol. The molecule has 0 amide bonds. The van der Waals surface area contributed by atoms with Gasteiger partial charge in [-0.05, 0) is 42.0 Å². The quantitative estimate of drug-likeness (QED) is 0.749. The third-order valence-corrected chi connectivity index (χ3v) is 4.77. The molecule has 1 heterocycles. The lowest BCUT2D eigenvalue weighted by molar-refractivity contribution is -0.112. The lowest BCUT2D eigenvalue weighted by atomic mass is 9.88. The summed E-state index contributed by atoms with van der Waals surface area (Å²) in [6.45, 7) is 0. The van der Waals surface area contributed by atoms with Crippen molar-refractivity contribution in [1.82, 2.24) is 0 Å². The number of hydrogen-bond acceptors (Lipinski definition) is 3. The minimum atomic E-state index is -0.145. The first-order valence-electron chi connectivity index (χ1n) is 7.44. The summed E-state index contributed by atoms with van der Waals surface area (Å²) in [5.41, 5.74) is 2.23. The summed E-state index contributed by atoms with van der Waals surface area (Å²) >= 11 is 7.14. The van der Waals surface area contributed by atoms with Gasteiger partial charge in [0.1, 0.15) is 6.10 Å². The van der Waals surface area contributed by atoms with Gasteiger partial charge in [-0.1, -0.05) is 65.8 Å². The smallest absolute Gasteiger partial charge is 0.253 e. The van der Waals surface area contributed by atoms with E-state index in [0.29, 0.717) is 10.8 Å². The molecule has 0 bridgehead atoms. The SMILES string of the molecule is CSC(=O)C1=C[C@@H](c2ccccc2)C[C@H](c2ccc(Cl)cc2)O1. The van der Waals surface area contributed by atoms with Crippen molar-refractivity contribution in [3.8, 4) is 0 Å². The fourth-order valence-corrected chi connectivity index (χ4v) is 3.20. The fourth-order valence-electron chi connectivity index (χ4n) is 2.75. The Morgan fingerprint density at radius 3 is 2.43 bits per heavy atom. The van der Waals surface area contributed by atoms with Crippen LogP contribution in [0.2, 0.25) is 5.02 Å². The second kappa shape index (κ2) is 7.24. The van der Waals surface area contributed by atoms with Crippen LogP contribution in [0.1, 0.15) is 29.6 Å². The van der Waals surface area contributed by atoms with Crippen molar-refractivity contribution in [3.05, 3.63) is 82.6 Å². The van der Waals surface area contributed by atoms with E-state index in [0.717, 1.165) is 12.0 Å². The molecule has 2 aromatic carbocycles. The Morgan fingerprint density at radius 1 is 1.09 bits per heavy atom. The normalized spacial score (nSPS) is 20.5. The van der Waals surface area contributed by atoms with Gasteiger partial charge in [0.25, 0.3) is 5.12 Å². The molecule has 0 spiro atoms. The minimum Gasteiger partial charge on any atom is -0.481 e. The van der Waals surface area contributed by atoms with Crippen molar-refractivity contribution in [2.75, 3.05) is 6.26 Å². The molecule has 0 unspecified atom stereocenters. The number of ether oxygens (including phenoxy) is 1. The molecular formula is C19H17ClO2S. The van der Waals surface area contributed by atoms with Crippen LogP contribution in [0.15, 0.2) is 66.4 Å². The molecule has 0 aliphatic carbocycles. The largest absolute Gasteiger partial charge is 0.481 e. The number of thioether (sulfide) groups is 1. The van der Waals surface area contributed by atoms with E-state index in [1.807, 2.05) is 48.5 Å². The van der Waals surface area contributed by atoms with E-state index in [-0.39, 0.29) is 17.1 Å². The molecule has 4 heteroatoms. The lowest BCUT2D eigenvalue weighted by Crippen LogP contribution is -2.18. The van der Waals surface area contributed by atoms with E-state index in [1.165, 1.54) is 17.3 Å². The third kappa shape index (κ3) is 3.80. The van der Waals surface area contributed by atoms with E-state index in [9.17, 15) is 4.79 Å². The zero-order chi connectivity index (χ0) is 16.2. The molecule has 0 saturated heterocycles. The maximum atomic E-state index is 12.1. The van der Waals surface area contributed by atoms with E-state index in [2.05, 4.69) is 12.1 Å². The number of benzene rings is 2. The summed E-state index contributed by atoms with van der Waals surface area (Å²) in [7, 11) is 0. The summed E-state index contributed by atoms with van der Waals surface area (Å²) in [6.07, 6.45) is 4.38. The minimum absolute atomic E-state index is 0.0374. The van der Waals surface area contributed by atoms with Crippen LogP contribution in [-0.4, -0.2) is 11.4 Å². The molecule has 1 aliphatic heterocycles. The Morgan fingerprint density at radius 2 is 1.78 bits per heavy atom. The van der Waals surface area contributed by atoms with Gasteiger partial charge >= 0.3 is 0 Å². The Balaban J connectivity index is 1.93. The number of carbonyl (C=O) groups excluding carboxylic acids is 1. The highest BCUT2D eigenvalue weighted by Crippen LogP contribution is 2.39. The predicted octanol–water partition coefficient (Wildman–Crippen LogP) is 5.36. The third-order valence-electron chi connectivity index (χ3n) is 3.95. The Labute approximate surface area is 145 Å². The Bertz CT molecular complexity index is 710. The van der Waals surface area contributed by atoms with Crippen LogP contribution in [0.5, 0.6) is 0 Å². The zero-order valence-electron chi connectivity index (χ0n) is 12.7. The predicted molar refractivity (Wildman–Crippen MR) is 95.7 cm³/mol. The van der Waals surface area contributed by atoms with Crippen LogP contribution in [-0.2, 0) is 9.53 Å². The van der Waals surface area contributed by atoms with Crippen LogP contribution in [0.4, 0.5) is 0 Å². The second-order valence-corrected chi connectivity index (χ2v) is 6.65. The molecule has 0 N–H and O–H groups in total. The van der Waals surface area contributed by atoms with Crippen LogP contribution in [0.3, 0.4) is 0 Å². The van der Waals surface area contributed by atoms with Gasteiger partial charge in [-0.2, -0.15) is 0 Å². The number of halogens is 1. The van der Waals surface area contributed by atoms with Crippen LogP contribution < -0.4 is 0 Å². The molecule has 1 aliphatic rings. The van der Waals surface area contributed by atoms with E-state index in [4.69, 9.17) is 16.3 Å². The standard InChI is InChI=1S/C19H17ClO2S/c1-23-19(21)18-12-15(13-5-3-2-4-6-13)11-17(22-18)14-7-9-16(20)10-8-14/h2-10,12,15,17H,11H2,1H3/t15-,17+/m0/s1. The lowest BCUT2D eigenvalue weighted by Gasteiger charge is -2.29. The first-order valence-corrected chi connectivity index (χ1v) is 9.05. The van der Waals surface area contributed by atoms with Crippen molar-refractivity contribution >= 4 is 28.5 Å². The van der Waals surface area contributed by atoms with Gasteiger partial charge in [0.2, 0.25) is 0 Å². The second-order valence-electron chi connectivity index (χ2n) is 5.43. The van der Waals surface area contributed by atoms with E-state index < -0.39 is 0 Å². The fraction of sp³-hybridized carbons (Fsp3) is 0.211. The molecule has 2 atom stereocenters. The molecule has 118 valence electrons. The maximum absolute atomic E-state index is 12.1. The molecule has 23 heavy (non-hydrogen) atoms. The summed E-state index contributed by atoms with van der Waals surface area (Å²) in [6, 6.07) is 17.8. The molecule has 3 rings (SSSR count). The van der Waals surface area contributed by atoms with Crippen LogP contribution >= 0.6 is 23.4 Å². The topological polar surface area (TPSA) is 26.3 Å². The van der Waals surface area contributed by atoms with Crippen molar-refractivity contribution in [3.63, 3.8) is 0 Å². The molecule has 0 fully saturated rings. The molecule has 0 radical (unpaired) electrons. The van der Waals surface area contributed by atoms with Crippen molar-refractivity contribution < 1.29 is 9.53 Å². The highest BCUT2D eigenvalue weighted by molar-refractivity contribution is 8.13. The molecule has 2 nitrogen and oxygen atoms in total. The van der Waals surface area contributed by atoms with Crippen molar-refractivity contribution in [1.29, 1.82) is 0 Å². The Hall–Kier alpha value is -1.71.